The van der Waals surface area contributed by atoms with Crippen molar-refractivity contribution in [1.82, 2.24) is 10.9 Å². The van der Waals surface area contributed by atoms with Gasteiger partial charge in [0.05, 0.1) is 11.8 Å². The lowest BCUT2D eigenvalue weighted by molar-refractivity contribution is -0.128. The van der Waals surface area contributed by atoms with Gasteiger partial charge in [0.2, 0.25) is 5.91 Å². The molecule has 0 saturated carbocycles. The Hall–Kier alpha value is -3.10. The number of fused-ring (bicyclic) bond motifs is 1. The van der Waals surface area contributed by atoms with Crippen LogP contribution in [0.1, 0.15) is 12.8 Å². The normalized spacial score (nSPS) is 11.4. The van der Waals surface area contributed by atoms with Crippen LogP contribution in [0.3, 0.4) is 0 Å². The first kappa shape index (κ1) is 21.6. The molecule has 3 aromatic carbocycles. The van der Waals surface area contributed by atoms with Gasteiger partial charge in [0.15, 0.2) is 5.11 Å². The molecule has 3 aromatic rings. The molecule has 30 heavy (non-hydrogen) atoms. The lowest BCUT2D eigenvalue weighted by Gasteiger charge is -2.14. The van der Waals surface area contributed by atoms with Gasteiger partial charge in [0, 0.05) is 17.8 Å². The summed E-state index contributed by atoms with van der Waals surface area (Å²) in [6.45, 7) is 0. The molecule has 0 spiro atoms. The molecule has 0 fully saturated rings. The second-order valence-electron chi connectivity index (χ2n) is 6.63. The molecule has 154 valence electrons. The molecular formula is C22H22N4O2S2. The third kappa shape index (κ3) is 6.75. The lowest BCUT2D eigenvalue weighted by atomic mass is 10.1. The molecule has 1 amide bonds. The fourth-order valence-electron chi connectivity index (χ4n) is 2.84. The lowest BCUT2D eigenvalue weighted by Crippen LogP contribution is -2.44. The number of anilines is 2. The summed E-state index contributed by atoms with van der Waals surface area (Å²) in [5.74, 6) is -0.700. The fourth-order valence-corrected chi connectivity index (χ4v) is 3.37. The van der Waals surface area contributed by atoms with Crippen molar-refractivity contribution in [2.75, 3.05) is 10.6 Å². The molecule has 1 atom stereocenters. The minimum atomic E-state index is -0.470. The average Bonchev–Trinajstić information content (AvgIpc) is 2.72. The summed E-state index contributed by atoms with van der Waals surface area (Å²) in [7, 11) is 0. The molecule has 0 aliphatic rings. The van der Waals surface area contributed by atoms with Crippen LogP contribution in [-0.2, 0) is 9.59 Å². The van der Waals surface area contributed by atoms with E-state index in [1.165, 1.54) is 0 Å². The Morgan fingerprint density at radius 1 is 0.867 bits per heavy atom. The predicted molar refractivity (Wildman–Crippen MR) is 129 cm³/mol. The number of amides is 1. The Morgan fingerprint density at radius 2 is 1.57 bits per heavy atom. The summed E-state index contributed by atoms with van der Waals surface area (Å²) in [5.41, 5.74) is 6.70. The van der Waals surface area contributed by atoms with E-state index in [2.05, 4.69) is 34.1 Å². The van der Waals surface area contributed by atoms with Crippen molar-refractivity contribution in [1.29, 1.82) is 0 Å². The number of nitrogens with one attached hydrogen (secondary N) is 4. The van der Waals surface area contributed by atoms with Crippen molar-refractivity contribution >= 4 is 63.8 Å². The van der Waals surface area contributed by atoms with Crippen molar-refractivity contribution in [2.45, 2.75) is 18.2 Å². The number of hydrazine groups is 1. The second kappa shape index (κ2) is 10.6. The van der Waals surface area contributed by atoms with Crippen molar-refractivity contribution in [3.05, 3.63) is 72.8 Å². The third-order valence-electron chi connectivity index (χ3n) is 4.21. The smallest absolute Gasteiger partial charge is 0.245 e. The summed E-state index contributed by atoms with van der Waals surface area (Å²) in [4.78, 5) is 24.1. The first-order valence-electron chi connectivity index (χ1n) is 9.35. The van der Waals surface area contributed by atoms with Gasteiger partial charge in [0.1, 0.15) is 5.78 Å². The highest BCUT2D eigenvalue weighted by Crippen LogP contribution is 2.18. The van der Waals surface area contributed by atoms with E-state index in [1.54, 1.807) is 0 Å². The van der Waals surface area contributed by atoms with Crippen molar-refractivity contribution < 1.29 is 9.59 Å². The topological polar surface area (TPSA) is 82.3 Å². The van der Waals surface area contributed by atoms with E-state index >= 15 is 0 Å². The molecule has 0 radical (unpaired) electrons. The first-order valence-corrected chi connectivity index (χ1v) is 10.3. The maximum Gasteiger partial charge on any atom is 0.245 e. The van der Waals surface area contributed by atoms with Gasteiger partial charge < -0.3 is 10.6 Å². The van der Waals surface area contributed by atoms with Crippen molar-refractivity contribution in [3.8, 4) is 0 Å². The zero-order chi connectivity index (χ0) is 21.3. The van der Waals surface area contributed by atoms with Crippen LogP contribution in [0.15, 0.2) is 72.8 Å². The summed E-state index contributed by atoms with van der Waals surface area (Å²) in [6, 6.07) is 23.3. The molecule has 0 aliphatic heterocycles. The van der Waals surface area contributed by atoms with Gasteiger partial charge in [-0.25, -0.2) is 0 Å². The molecule has 1 unspecified atom stereocenters. The Kier molecular flexibility index (Phi) is 7.64. The third-order valence-corrected chi connectivity index (χ3v) is 4.72. The van der Waals surface area contributed by atoms with Gasteiger partial charge in [-0.3, -0.25) is 20.4 Å². The first-order chi connectivity index (χ1) is 14.5. The Balaban J connectivity index is 1.39. The maximum absolute atomic E-state index is 12.1. The fraction of sp³-hybridized carbons (Fsp3) is 0.136. The summed E-state index contributed by atoms with van der Waals surface area (Å²) in [6.07, 6.45) is -0.148. The van der Waals surface area contributed by atoms with Crippen LogP contribution in [-0.4, -0.2) is 22.2 Å². The van der Waals surface area contributed by atoms with E-state index in [4.69, 9.17) is 12.2 Å². The monoisotopic (exact) mass is 438 g/mol. The molecule has 0 bridgehead atoms. The molecular weight excluding hydrogens is 416 g/mol. The van der Waals surface area contributed by atoms with Gasteiger partial charge in [-0.05, 0) is 47.3 Å². The minimum absolute atomic E-state index is 0.116. The van der Waals surface area contributed by atoms with Crippen molar-refractivity contribution in [2.24, 2.45) is 0 Å². The molecule has 0 aliphatic carbocycles. The van der Waals surface area contributed by atoms with Gasteiger partial charge in [0.25, 0.3) is 0 Å². The van der Waals surface area contributed by atoms with Crippen LogP contribution in [0.2, 0.25) is 0 Å². The van der Waals surface area contributed by atoms with E-state index in [0.717, 1.165) is 22.1 Å². The van der Waals surface area contributed by atoms with Gasteiger partial charge in [-0.1, -0.05) is 48.5 Å². The highest BCUT2D eigenvalue weighted by molar-refractivity contribution is 7.81. The number of Topliss-reactive ketones (excluding diaryl/α,β-unsaturated/α-hetero) is 1. The largest absolute Gasteiger partial charge is 0.373 e. The van der Waals surface area contributed by atoms with Crippen LogP contribution in [0.5, 0.6) is 0 Å². The summed E-state index contributed by atoms with van der Waals surface area (Å²) in [5, 5.41) is 8.15. The van der Waals surface area contributed by atoms with Gasteiger partial charge in [-0.15, -0.1) is 0 Å². The number of hydrogen-bond acceptors (Lipinski definition) is 5. The van der Waals surface area contributed by atoms with Crippen LogP contribution in [0.25, 0.3) is 10.8 Å². The van der Waals surface area contributed by atoms with E-state index < -0.39 is 5.91 Å². The second-order valence-corrected chi connectivity index (χ2v) is 7.67. The number of hydrogen-bond donors (Lipinski definition) is 5. The number of rotatable bonds is 7. The number of benzene rings is 3. The van der Waals surface area contributed by atoms with E-state index in [-0.39, 0.29) is 29.1 Å². The van der Waals surface area contributed by atoms with Crippen LogP contribution in [0.4, 0.5) is 11.4 Å². The molecule has 0 saturated heterocycles. The molecule has 6 nitrogen and oxygen atoms in total. The van der Waals surface area contributed by atoms with Crippen LogP contribution in [0, 0.1) is 0 Å². The minimum Gasteiger partial charge on any atom is -0.373 e. The summed E-state index contributed by atoms with van der Waals surface area (Å²) < 4.78 is 0. The number of ketones is 1. The highest BCUT2D eigenvalue weighted by Gasteiger charge is 2.14. The number of carbonyl (C=O) groups is 2. The Morgan fingerprint density at radius 3 is 2.33 bits per heavy atom. The van der Waals surface area contributed by atoms with E-state index in [0.29, 0.717) is 0 Å². The zero-order valence-electron chi connectivity index (χ0n) is 16.1. The SMILES string of the molecule is O=C(CC(=O)NNC(=S)Nc1ccc2ccccc2c1)CC(S)Nc1ccccc1. The van der Waals surface area contributed by atoms with E-state index in [1.807, 2.05) is 72.8 Å². The molecule has 3 rings (SSSR count). The van der Waals surface area contributed by atoms with Gasteiger partial charge in [-0.2, -0.15) is 12.6 Å². The molecule has 4 N–H and O–H groups in total. The zero-order valence-corrected chi connectivity index (χ0v) is 17.8. The summed E-state index contributed by atoms with van der Waals surface area (Å²) >= 11 is 9.55. The number of carbonyl (C=O) groups excluding carboxylic acids is 2. The average molecular weight is 439 g/mol. The Bertz CT molecular complexity index is 1040. The Labute approximate surface area is 185 Å². The van der Waals surface area contributed by atoms with Crippen LogP contribution >= 0.6 is 24.8 Å². The predicted octanol–water partition coefficient (Wildman–Crippen LogP) is 3.87. The molecule has 0 aromatic heterocycles. The number of thiocarbonyl (C=S) groups is 1. The number of para-hydroxylation sites is 1. The number of thiol groups is 1. The van der Waals surface area contributed by atoms with Crippen LogP contribution < -0.4 is 21.5 Å². The molecule has 0 heterocycles. The molecule has 8 heteroatoms. The van der Waals surface area contributed by atoms with Gasteiger partial charge >= 0.3 is 0 Å². The quantitative estimate of drug-likeness (QED) is 0.127. The standard InChI is InChI=1S/C22H22N4O2S2/c27-19(14-21(29)23-17-8-2-1-3-9-17)13-20(28)25-26-22(30)24-18-11-10-15-6-4-5-7-16(15)12-18/h1-12,21,23,29H,13-14H2,(H,25,28)(H2,24,26,30). The van der Waals surface area contributed by atoms with E-state index in [9.17, 15) is 9.59 Å². The highest BCUT2D eigenvalue weighted by atomic mass is 32.1. The maximum atomic E-state index is 12.1. The van der Waals surface area contributed by atoms with Crippen molar-refractivity contribution in [3.63, 3.8) is 0 Å².